The summed E-state index contributed by atoms with van der Waals surface area (Å²) in [5, 5.41) is -0.156. The van der Waals surface area contributed by atoms with Crippen molar-refractivity contribution in [1.82, 2.24) is 0 Å². The van der Waals surface area contributed by atoms with Gasteiger partial charge in [-0.2, -0.15) is 0 Å². The van der Waals surface area contributed by atoms with E-state index in [-0.39, 0.29) is 46.0 Å². The Balaban J connectivity index is 2.47. The number of rotatable bonds is 11. The third-order valence-electron chi connectivity index (χ3n) is 7.28. The van der Waals surface area contributed by atoms with Crippen LogP contribution in [-0.2, 0) is 8.85 Å². The molecular formula is C26H42O6Si2. The van der Waals surface area contributed by atoms with Crippen molar-refractivity contribution in [3.05, 3.63) is 48.3 Å². The van der Waals surface area contributed by atoms with Crippen LogP contribution < -0.4 is 0 Å². The minimum absolute atomic E-state index is 0.0742. The van der Waals surface area contributed by atoms with Crippen LogP contribution in [0.5, 0.6) is 0 Å². The number of furan rings is 2. The largest absolute Gasteiger partial charge is 0.461 e. The van der Waals surface area contributed by atoms with Gasteiger partial charge in [0.05, 0.1) is 24.7 Å². The maximum Gasteiger partial charge on any atom is 0.200 e. The molecule has 0 N–H and O–H groups in total. The van der Waals surface area contributed by atoms with E-state index in [4.69, 9.17) is 17.7 Å². The zero-order valence-corrected chi connectivity index (χ0v) is 24.5. The van der Waals surface area contributed by atoms with Crippen molar-refractivity contribution in [2.75, 3.05) is 0 Å². The highest BCUT2D eigenvalue weighted by atomic mass is 28.4. The maximum absolute atomic E-state index is 13.1. The standard InChI is InChI=1S/C26H42O6Si2/c1-25(2,3)33(7,8)31-23(17-19(27)21-13-11-15-29-21)24(32-34(9,10)26(4,5)6)18-20(28)22-14-12-16-30-22/h11-16,23-24H,17-18H2,1-10H3/t23-,24-/m0/s1. The van der Waals surface area contributed by atoms with Crippen molar-refractivity contribution in [3.8, 4) is 0 Å². The predicted octanol–water partition coefficient (Wildman–Crippen LogP) is 7.50. The Hall–Kier alpha value is -1.75. The van der Waals surface area contributed by atoms with Crippen LogP contribution in [0.3, 0.4) is 0 Å². The lowest BCUT2D eigenvalue weighted by atomic mass is 10.0. The van der Waals surface area contributed by atoms with Gasteiger partial charge in [-0.3, -0.25) is 9.59 Å². The molecule has 0 spiro atoms. The van der Waals surface area contributed by atoms with Crippen LogP contribution in [0.1, 0.15) is 75.5 Å². The quantitative estimate of drug-likeness (QED) is 0.232. The number of hydrogen-bond donors (Lipinski definition) is 0. The molecule has 2 aromatic heterocycles. The van der Waals surface area contributed by atoms with E-state index >= 15 is 0 Å². The number of carbonyl (C=O) groups is 2. The molecule has 6 nitrogen and oxygen atoms in total. The van der Waals surface area contributed by atoms with Crippen LogP contribution in [0, 0.1) is 0 Å². The van der Waals surface area contributed by atoms with Crippen LogP contribution in [0.25, 0.3) is 0 Å². The smallest absolute Gasteiger partial charge is 0.200 e. The summed E-state index contributed by atoms with van der Waals surface area (Å²) >= 11 is 0. The molecule has 34 heavy (non-hydrogen) atoms. The fourth-order valence-electron chi connectivity index (χ4n) is 3.05. The SMILES string of the molecule is CC(C)(C)[Si](C)(C)O[C@@H](CC(=O)c1ccco1)[C@H](CC(=O)c1ccco1)O[Si](C)(C)C(C)(C)C. The monoisotopic (exact) mass is 506 g/mol. The Labute approximate surface area is 206 Å². The third-order valence-corrected chi connectivity index (χ3v) is 16.3. The molecule has 2 rings (SSSR count). The average molecular weight is 507 g/mol. The summed E-state index contributed by atoms with van der Waals surface area (Å²) in [6, 6.07) is 6.70. The van der Waals surface area contributed by atoms with Gasteiger partial charge in [-0.15, -0.1) is 0 Å². The highest BCUT2D eigenvalue weighted by Gasteiger charge is 2.46. The lowest BCUT2D eigenvalue weighted by Crippen LogP contribution is -2.52. The summed E-state index contributed by atoms with van der Waals surface area (Å²) in [7, 11) is -4.61. The fraction of sp³-hybridized carbons (Fsp3) is 0.615. The molecule has 2 atom stereocenters. The molecule has 0 saturated heterocycles. The number of hydrogen-bond acceptors (Lipinski definition) is 6. The molecule has 2 aromatic rings. The van der Waals surface area contributed by atoms with Gasteiger partial charge in [-0.1, -0.05) is 41.5 Å². The molecule has 0 radical (unpaired) electrons. The van der Waals surface area contributed by atoms with Gasteiger partial charge >= 0.3 is 0 Å². The van der Waals surface area contributed by atoms with E-state index in [2.05, 4.69) is 67.7 Å². The maximum atomic E-state index is 13.1. The Morgan fingerprint density at radius 2 is 1.06 bits per heavy atom. The van der Waals surface area contributed by atoms with Crippen LogP contribution in [0.2, 0.25) is 36.3 Å². The van der Waals surface area contributed by atoms with Crippen molar-refractivity contribution >= 4 is 28.2 Å². The first-order valence-electron chi connectivity index (χ1n) is 11.9. The zero-order chi connectivity index (χ0) is 25.9. The first-order valence-corrected chi connectivity index (χ1v) is 17.8. The van der Waals surface area contributed by atoms with Crippen LogP contribution >= 0.6 is 0 Å². The van der Waals surface area contributed by atoms with E-state index in [1.54, 1.807) is 24.3 Å². The van der Waals surface area contributed by atoms with Crippen LogP contribution in [0.15, 0.2) is 45.6 Å². The van der Waals surface area contributed by atoms with Crippen molar-refractivity contribution in [2.45, 2.75) is 103 Å². The molecule has 0 aliphatic carbocycles. The van der Waals surface area contributed by atoms with Gasteiger partial charge in [-0.05, 0) is 60.5 Å². The molecule has 190 valence electrons. The minimum Gasteiger partial charge on any atom is -0.461 e. The lowest BCUT2D eigenvalue weighted by molar-refractivity contribution is 0.0240. The summed E-state index contributed by atoms with van der Waals surface area (Å²) in [5.74, 6) is 0.241. The van der Waals surface area contributed by atoms with Gasteiger partial charge in [0.25, 0.3) is 0 Å². The molecule has 0 amide bonds. The van der Waals surface area contributed by atoms with E-state index in [9.17, 15) is 9.59 Å². The van der Waals surface area contributed by atoms with Gasteiger partial charge in [-0.25, -0.2) is 0 Å². The Morgan fingerprint density at radius 3 is 1.29 bits per heavy atom. The first kappa shape index (κ1) is 28.5. The number of carbonyl (C=O) groups excluding carboxylic acids is 2. The second kappa shape index (κ2) is 10.5. The summed E-state index contributed by atoms with van der Waals surface area (Å²) in [6.45, 7) is 21.5. The van der Waals surface area contributed by atoms with Gasteiger partial charge in [0.15, 0.2) is 28.2 Å². The third kappa shape index (κ3) is 7.13. The minimum atomic E-state index is -2.30. The molecule has 0 saturated carbocycles. The van der Waals surface area contributed by atoms with Crippen LogP contribution in [0.4, 0.5) is 0 Å². The molecule has 0 bridgehead atoms. The molecule has 0 aromatic carbocycles. The van der Waals surface area contributed by atoms with Crippen molar-refractivity contribution in [1.29, 1.82) is 0 Å². The van der Waals surface area contributed by atoms with Crippen LogP contribution in [-0.4, -0.2) is 40.4 Å². The molecule has 0 unspecified atom stereocenters. The Kier molecular flexibility index (Phi) is 8.78. The highest BCUT2D eigenvalue weighted by Crippen LogP contribution is 2.41. The first-order chi connectivity index (χ1) is 15.4. The van der Waals surface area contributed by atoms with E-state index < -0.39 is 28.8 Å². The van der Waals surface area contributed by atoms with E-state index in [0.717, 1.165) is 0 Å². The van der Waals surface area contributed by atoms with E-state index in [1.165, 1.54) is 12.5 Å². The van der Waals surface area contributed by atoms with Gasteiger partial charge in [0.2, 0.25) is 11.6 Å². The van der Waals surface area contributed by atoms with Crippen molar-refractivity contribution in [2.24, 2.45) is 0 Å². The predicted molar refractivity (Wildman–Crippen MR) is 139 cm³/mol. The van der Waals surface area contributed by atoms with E-state index in [1.807, 2.05) is 0 Å². The Morgan fingerprint density at radius 1 is 0.735 bits per heavy atom. The lowest BCUT2D eigenvalue weighted by Gasteiger charge is -2.45. The fourth-order valence-corrected chi connectivity index (χ4v) is 5.74. The number of Topliss-reactive ketones (excluding diaryl/α,β-unsaturated/α-hetero) is 2. The molecule has 0 aliphatic rings. The summed E-state index contributed by atoms with van der Waals surface area (Å²) in [5.41, 5.74) is 0. The van der Waals surface area contributed by atoms with Gasteiger partial charge < -0.3 is 17.7 Å². The van der Waals surface area contributed by atoms with Gasteiger partial charge in [0, 0.05) is 12.8 Å². The summed E-state index contributed by atoms with van der Waals surface area (Å²) in [4.78, 5) is 26.3. The normalized spacial score (nSPS) is 15.2. The molecule has 8 heteroatoms. The molecule has 0 aliphatic heterocycles. The topological polar surface area (TPSA) is 78.9 Å². The molecule has 0 fully saturated rings. The molecular weight excluding hydrogens is 464 g/mol. The van der Waals surface area contributed by atoms with E-state index in [0.29, 0.717) is 0 Å². The van der Waals surface area contributed by atoms with Gasteiger partial charge in [0.1, 0.15) is 0 Å². The second-order valence-electron chi connectivity index (χ2n) is 12.0. The van der Waals surface area contributed by atoms with Crippen molar-refractivity contribution in [3.63, 3.8) is 0 Å². The molecule has 2 heterocycles. The number of ketones is 2. The van der Waals surface area contributed by atoms with Crippen molar-refractivity contribution < 1.29 is 27.3 Å². The summed E-state index contributed by atoms with van der Waals surface area (Å²) in [6.07, 6.45) is 1.94. The second-order valence-corrected chi connectivity index (χ2v) is 21.6. The highest BCUT2D eigenvalue weighted by molar-refractivity contribution is 6.74. The average Bonchev–Trinajstić information content (AvgIpc) is 3.38. The Bertz CT molecular complexity index is 853. The zero-order valence-electron chi connectivity index (χ0n) is 22.5. The summed E-state index contributed by atoms with van der Waals surface area (Å²) < 4.78 is 24.3.